The fraction of sp³-hybridized carbons (Fsp3) is 0.500. The Hall–Kier alpha value is -0.770. The summed E-state index contributed by atoms with van der Waals surface area (Å²) in [6.07, 6.45) is 0.899. The number of anilines is 1. The van der Waals surface area contributed by atoms with Gasteiger partial charge in [0.05, 0.1) is 13.2 Å². The van der Waals surface area contributed by atoms with E-state index in [1.54, 1.807) is 6.07 Å². The molecule has 16 heavy (non-hydrogen) atoms. The fourth-order valence-corrected chi connectivity index (χ4v) is 2.18. The quantitative estimate of drug-likeness (QED) is 0.809. The number of benzene rings is 1. The number of halogens is 1. The zero-order valence-electron chi connectivity index (χ0n) is 9.33. The number of hydrogen-bond donors (Lipinski definition) is 1. The van der Waals surface area contributed by atoms with Crippen LogP contribution in [-0.2, 0) is 15.9 Å². The molecule has 0 atom stereocenters. The maximum atomic E-state index is 6.09. The van der Waals surface area contributed by atoms with Gasteiger partial charge < -0.3 is 15.2 Å². The van der Waals surface area contributed by atoms with Crippen LogP contribution in [0.15, 0.2) is 12.1 Å². The number of nitrogen functional groups attached to an aromatic ring is 1. The summed E-state index contributed by atoms with van der Waals surface area (Å²) in [6, 6.07) is 3.77. The second-order valence-electron chi connectivity index (χ2n) is 4.22. The summed E-state index contributed by atoms with van der Waals surface area (Å²) in [5.74, 6) is 0.394. The first-order valence-electron chi connectivity index (χ1n) is 5.37. The van der Waals surface area contributed by atoms with Crippen LogP contribution < -0.4 is 5.73 Å². The third kappa shape index (κ3) is 2.67. The third-order valence-electron chi connectivity index (χ3n) is 2.86. The van der Waals surface area contributed by atoms with Crippen LogP contribution in [-0.4, -0.2) is 20.0 Å². The molecule has 0 amide bonds. The first-order chi connectivity index (χ1) is 7.66. The molecule has 0 unspecified atom stereocenters. The van der Waals surface area contributed by atoms with Crippen molar-refractivity contribution < 1.29 is 9.47 Å². The van der Waals surface area contributed by atoms with Crippen LogP contribution in [0.3, 0.4) is 0 Å². The Morgan fingerprint density at radius 2 is 2.06 bits per heavy atom. The maximum Gasteiger partial charge on any atom is 0.146 e. The van der Waals surface area contributed by atoms with E-state index in [2.05, 4.69) is 0 Å². The van der Waals surface area contributed by atoms with Gasteiger partial charge in [0.1, 0.15) is 6.79 Å². The molecule has 0 saturated carbocycles. The summed E-state index contributed by atoms with van der Waals surface area (Å²) in [5.41, 5.74) is 8.78. The van der Waals surface area contributed by atoms with E-state index >= 15 is 0 Å². The number of nitrogens with two attached hydrogens (primary N) is 1. The van der Waals surface area contributed by atoms with Crippen molar-refractivity contribution in [1.29, 1.82) is 0 Å². The zero-order valence-corrected chi connectivity index (χ0v) is 10.1. The monoisotopic (exact) mass is 241 g/mol. The van der Waals surface area contributed by atoms with Crippen molar-refractivity contribution in [2.75, 3.05) is 25.7 Å². The first kappa shape index (κ1) is 11.7. The highest BCUT2D eigenvalue weighted by Crippen LogP contribution is 2.25. The minimum atomic E-state index is 0.394. The van der Waals surface area contributed by atoms with Crippen molar-refractivity contribution >= 4 is 17.3 Å². The summed E-state index contributed by atoms with van der Waals surface area (Å²) < 4.78 is 10.5. The van der Waals surface area contributed by atoms with Gasteiger partial charge in [-0.3, -0.25) is 0 Å². The highest BCUT2D eigenvalue weighted by atomic mass is 35.5. The van der Waals surface area contributed by atoms with Crippen LogP contribution in [0.25, 0.3) is 0 Å². The molecular formula is C12H16ClNO2. The van der Waals surface area contributed by atoms with Crippen molar-refractivity contribution in [2.45, 2.75) is 13.3 Å². The zero-order chi connectivity index (χ0) is 11.5. The molecule has 1 aromatic rings. The van der Waals surface area contributed by atoms with Gasteiger partial charge in [-0.15, -0.1) is 0 Å². The predicted molar refractivity (Wildman–Crippen MR) is 64.6 cm³/mol. The van der Waals surface area contributed by atoms with E-state index in [4.69, 9.17) is 26.8 Å². The minimum Gasteiger partial charge on any atom is -0.399 e. The van der Waals surface area contributed by atoms with Crippen LogP contribution in [0.4, 0.5) is 5.69 Å². The molecule has 0 bridgehead atoms. The van der Waals surface area contributed by atoms with Crippen LogP contribution in [0.2, 0.25) is 5.02 Å². The minimum absolute atomic E-state index is 0.394. The Kier molecular flexibility index (Phi) is 3.69. The molecule has 4 heteroatoms. The van der Waals surface area contributed by atoms with Gasteiger partial charge >= 0.3 is 0 Å². The van der Waals surface area contributed by atoms with Crippen molar-refractivity contribution in [3.63, 3.8) is 0 Å². The molecule has 0 aromatic heterocycles. The van der Waals surface area contributed by atoms with Crippen molar-refractivity contribution in [2.24, 2.45) is 5.92 Å². The van der Waals surface area contributed by atoms with Gasteiger partial charge in [0.15, 0.2) is 0 Å². The Balaban J connectivity index is 2.13. The molecule has 1 saturated heterocycles. The molecule has 1 aromatic carbocycles. The van der Waals surface area contributed by atoms with Gasteiger partial charge in [0.25, 0.3) is 0 Å². The topological polar surface area (TPSA) is 44.5 Å². The lowest BCUT2D eigenvalue weighted by atomic mass is 9.96. The standard InChI is InChI=1S/C12H16ClNO2/c1-8-10(3-11(14)4-12(8)13)2-9-5-15-7-16-6-9/h3-4,9H,2,5-7,14H2,1H3. The molecular weight excluding hydrogens is 226 g/mol. The normalized spacial score (nSPS) is 17.6. The summed E-state index contributed by atoms with van der Waals surface area (Å²) in [4.78, 5) is 0. The van der Waals surface area contributed by atoms with E-state index in [0.29, 0.717) is 18.4 Å². The van der Waals surface area contributed by atoms with E-state index in [1.165, 1.54) is 5.56 Å². The number of rotatable bonds is 2. The average Bonchev–Trinajstić information content (AvgIpc) is 2.27. The SMILES string of the molecule is Cc1c(Cl)cc(N)cc1CC1COCOC1. The lowest BCUT2D eigenvalue weighted by Gasteiger charge is -2.23. The number of hydrogen-bond acceptors (Lipinski definition) is 3. The molecule has 1 aliphatic heterocycles. The van der Waals surface area contributed by atoms with Gasteiger partial charge in [0.2, 0.25) is 0 Å². The van der Waals surface area contributed by atoms with Gasteiger partial charge in [-0.05, 0) is 36.6 Å². The second-order valence-corrected chi connectivity index (χ2v) is 4.62. The van der Waals surface area contributed by atoms with Crippen LogP contribution in [0, 0.1) is 12.8 Å². The molecule has 2 N–H and O–H groups in total. The van der Waals surface area contributed by atoms with Crippen molar-refractivity contribution in [1.82, 2.24) is 0 Å². The van der Waals surface area contributed by atoms with Crippen LogP contribution >= 0.6 is 11.6 Å². The Labute approximate surface area is 100 Å². The summed E-state index contributed by atoms with van der Waals surface area (Å²) >= 11 is 6.09. The molecule has 1 aliphatic rings. The van der Waals surface area contributed by atoms with Crippen LogP contribution in [0.5, 0.6) is 0 Å². The van der Waals surface area contributed by atoms with E-state index in [-0.39, 0.29) is 0 Å². The number of ether oxygens (including phenoxy) is 2. The highest BCUT2D eigenvalue weighted by molar-refractivity contribution is 6.31. The molecule has 2 rings (SSSR count). The van der Waals surface area contributed by atoms with Gasteiger partial charge in [0, 0.05) is 16.6 Å². The molecule has 88 valence electrons. The Morgan fingerprint density at radius 1 is 1.38 bits per heavy atom. The third-order valence-corrected chi connectivity index (χ3v) is 3.25. The summed E-state index contributed by atoms with van der Waals surface area (Å²) in [6.45, 7) is 3.91. The van der Waals surface area contributed by atoms with E-state index < -0.39 is 0 Å². The van der Waals surface area contributed by atoms with E-state index in [0.717, 1.165) is 30.2 Å². The smallest absolute Gasteiger partial charge is 0.146 e. The van der Waals surface area contributed by atoms with E-state index in [9.17, 15) is 0 Å². The average molecular weight is 242 g/mol. The molecule has 1 fully saturated rings. The molecule has 0 spiro atoms. The molecule has 3 nitrogen and oxygen atoms in total. The van der Waals surface area contributed by atoms with Crippen LogP contribution in [0.1, 0.15) is 11.1 Å². The molecule has 0 aliphatic carbocycles. The van der Waals surface area contributed by atoms with Gasteiger partial charge in [-0.2, -0.15) is 0 Å². The van der Waals surface area contributed by atoms with Gasteiger partial charge in [-0.25, -0.2) is 0 Å². The summed E-state index contributed by atoms with van der Waals surface area (Å²) in [7, 11) is 0. The first-order valence-corrected chi connectivity index (χ1v) is 5.74. The lowest BCUT2D eigenvalue weighted by Crippen LogP contribution is -2.26. The highest BCUT2D eigenvalue weighted by Gasteiger charge is 2.16. The van der Waals surface area contributed by atoms with Crippen molar-refractivity contribution in [3.8, 4) is 0 Å². The second kappa shape index (κ2) is 5.04. The largest absolute Gasteiger partial charge is 0.399 e. The Morgan fingerprint density at radius 3 is 2.75 bits per heavy atom. The van der Waals surface area contributed by atoms with Gasteiger partial charge in [-0.1, -0.05) is 11.6 Å². The predicted octanol–water partition coefficient (Wildman–Crippen LogP) is 2.39. The van der Waals surface area contributed by atoms with Crippen molar-refractivity contribution in [3.05, 3.63) is 28.3 Å². The van der Waals surface area contributed by atoms with E-state index in [1.807, 2.05) is 13.0 Å². The summed E-state index contributed by atoms with van der Waals surface area (Å²) in [5, 5.41) is 0.729. The molecule has 0 radical (unpaired) electrons. The molecule has 1 heterocycles. The lowest BCUT2D eigenvalue weighted by molar-refractivity contribution is -0.125. The maximum absolute atomic E-state index is 6.09. The Bertz CT molecular complexity index is 376. The fourth-order valence-electron chi connectivity index (χ4n) is 1.94.